The third kappa shape index (κ3) is 1.66. The van der Waals surface area contributed by atoms with Crippen LogP contribution in [0.5, 0.6) is 0 Å². The van der Waals surface area contributed by atoms with Crippen molar-refractivity contribution in [3.63, 3.8) is 0 Å². The summed E-state index contributed by atoms with van der Waals surface area (Å²) in [6.07, 6.45) is 0. The molecule has 0 amide bonds. The van der Waals surface area contributed by atoms with Crippen LogP contribution in [0.25, 0.3) is 0 Å². The van der Waals surface area contributed by atoms with Crippen molar-refractivity contribution in [3.8, 4) is 0 Å². The van der Waals surface area contributed by atoms with Gasteiger partial charge in [-0.05, 0) is 6.85 Å². The largest absolute Gasteiger partial charge is 0.286 e. The summed E-state index contributed by atoms with van der Waals surface area (Å²) < 4.78 is 22.3. The van der Waals surface area contributed by atoms with Gasteiger partial charge in [-0.2, -0.15) is 0 Å². The van der Waals surface area contributed by atoms with Gasteiger partial charge < -0.3 is 0 Å². The van der Waals surface area contributed by atoms with Crippen LogP contribution in [0.3, 0.4) is 0 Å². The molecule has 1 heterocycles. The summed E-state index contributed by atoms with van der Waals surface area (Å²) in [7, 11) is 0. The summed E-state index contributed by atoms with van der Waals surface area (Å²) >= 11 is 0. The standard InChI is InChI=1S/C11H12N2/c1-9-11(13-8-7-12-9)10-5-3-2-4-6-10/h2-6H,7-8H2,1H3/i1D3. The molecule has 0 N–H and O–H groups in total. The van der Waals surface area contributed by atoms with Gasteiger partial charge in [0, 0.05) is 9.68 Å². The van der Waals surface area contributed by atoms with Crippen LogP contribution in [-0.2, 0) is 0 Å². The Morgan fingerprint density at radius 2 is 1.92 bits per heavy atom. The van der Waals surface area contributed by atoms with Crippen molar-refractivity contribution in [1.29, 1.82) is 0 Å². The van der Waals surface area contributed by atoms with Gasteiger partial charge in [0.1, 0.15) is 0 Å². The predicted octanol–water partition coefficient (Wildman–Crippen LogP) is 1.95. The van der Waals surface area contributed by atoms with E-state index in [0.29, 0.717) is 18.8 Å². The fraction of sp³-hybridized carbons (Fsp3) is 0.273. The summed E-state index contributed by atoms with van der Waals surface area (Å²) in [5, 5.41) is 0. The molecule has 1 aromatic carbocycles. The quantitative estimate of drug-likeness (QED) is 0.623. The third-order valence-corrected chi connectivity index (χ3v) is 1.91. The summed E-state index contributed by atoms with van der Waals surface area (Å²) in [4.78, 5) is 8.36. The van der Waals surface area contributed by atoms with Crippen molar-refractivity contribution in [2.75, 3.05) is 13.1 Å². The lowest BCUT2D eigenvalue weighted by atomic mass is 10.1. The first-order chi connectivity index (χ1) is 7.59. The molecule has 0 spiro atoms. The van der Waals surface area contributed by atoms with E-state index in [1.807, 2.05) is 30.3 Å². The molecule has 0 bridgehead atoms. The van der Waals surface area contributed by atoms with Crippen molar-refractivity contribution in [2.24, 2.45) is 9.98 Å². The summed E-state index contributed by atoms with van der Waals surface area (Å²) in [6, 6.07) is 9.32. The predicted molar refractivity (Wildman–Crippen MR) is 55.8 cm³/mol. The minimum atomic E-state index is -2.19. The van der Waals surface area contributed by atoms with Gasteiger partial charge in [-0.25, -0.2) is 0 Å². The van der Waals surface area contributed by atoms with Crippen molar-refractivity contribution >= 4 is 11.4 Å². The van der Waals surface area contributed by atoms with E-state index in [4.69, 9.17) is 4.11 Å². The van der Waals surface area contributed by atoms with Gasteiger partial charge >= 0.3 is 0 Å². The second-order valence-corrected chi connectivity index (χ2v) is 2.83. The Hall–Kier alpha value is -1.44. The van der Waals surface area contributed by atoms with Gasteiger partial charge in [-0.1, -0.05) is 30.3 Å². The molecule has 13 heavy (non-hydrogen) atoms. The van der Waals surface area contributed by atoms with Gasteiger partial charge in [0.25, 0.3) is 0 Å². The minimum absolute atomic E-state index is 0.130. The number of aliphatic imine (C=N–C) groups is 2. The normalized spacial score (nSPS) is 20.8. The van der Waals surface area contributed by atoms with Crippen molar-refractivity contribution in [3.05, 3.63) is 35.9 Å². The number of hydrogen-bond acceptors (Lipinski definition) is 2. The first-order valence-corrected chi connectivity index (χ1v) is 4.24. The Bertz CT molecular complexity index is 432. The summed E-state index contributed by atoms with van der Waals surface area (Å²) in [6.45, 7) is -1.16. The van der Waals surface area contributed by atoms with Gasteiger partial charge in [-0.15, -0.1) is 0 Å². The van der Waals surface area contributed by atoms with E-state index >= 15 is 0 Å². The molecule has 1 aliphatic rings. The smallest absolute Gasteiger partial charge is 0.0854 e. The van der Waals surface area contributed by atoms with Crippen LogP contribution < -0.4 is 0 Å². The summed E-state index contributed by atoms with van der Waals surface area (Å²) in [5.74, 6) is 0. The van der Waals surface area contributed by atoms with E-state index in [1.54, 1.807) is 0 Å². The molecule has 1 aliphatic heterocycles. The zero-order valence-electron chi connectivity index (χ0n) is 10.2. The number of benzene rings is 1. The molecule has 0 saturated carbocycles. The zero-order chi connectivity index (χ0) is 11.6. The number of rotatable bonds is 1. The van der Waals surface area contributed by atoms with Gasteiger partial charge in [0.05, 0.1) is 24.5 Å². The molecule has 66 valence electrons. The topological polar surface area (TPSA) is 24.7 Å². The maximum absolute atomic E-state index is 7.43. The number of hydrogen-bond donors (Lipinski definition) is 0. The van der Waals surface area contributed by atoms with E-state index in [0.717, 1.165) is 5.56 Å². The average molecular weight is 175 g/mol. The van der Waals surface area contributed by atoms with E-state index < -0.39 is 6.85 Å². The Kier molecular flexibility index (Phi) is 1.44. The molecular formula is C11H12N2. The Labute approximate surface area is 82.3 Å². The molecule has 0 saturated heterocycles. The third-order valence-electron chi connectivity index (χ3n) is 1.91. The van der Waals surface area contributed by atoms with Crippen molar-refractivity contribution < 1.29 is 4.11 Å². The van der Waals surface area contributed by atoms with Crippen LogP contribution in [0.2, 0.25) is 0 Å². The Morgan fingerprint density at radius 1 is 1.15 bits per heavy atom. The lowest BCUT2D eigenvalue weighted by Crippen LogP contribution is -2.18. The lowest BCUT2D eigenvalue weighted by Gasteiger charge is -2.10. The maximum atomic E-state index is 7.43. The fourth-order valence-corrected chi connectivity index (χ4v) is 1.30. The maximum Gasteiger partial charge on any atom is 0.0854 e. The molecule has 2 nitrogen and oxygen atoms in total. The van der Waals surface area contributed by atoms with Crippen molar-refractivity contribution in [2.45, 2.75) is 6.85 Å². The zero-order valence-corrected chi connectivity index (χ0v) is 7.20. The minimum Gasteiger partial charge on any atom is -0.286 e. The second kappa shape index (κ2) is 3.52. The first-order valence-electron chi connectivity index (χ1n) is 5.74. The molecule has 2 rings (SSSR count). The lowest BCUT2D eigenvalue weighted by molar-refractivity contribution is 0.962. The van der Waals surface area contributed by atoms with Crippen LogP contribution in [0.15, 0.2) is 40.3 Å². The highest BCUT2D eigenvalue weighted by Gasteiger charge is 2.08. The molecule has 0 aliphatic carbocycles. The van der Waals surface area contributed by atoms with E-state index in [2.05, 4.69) is 9.98 Å². The van der Waals surface area contributed by atoms with E-state index in [-0.39, 0.29) is 5.71 Å². The van der Waals surface area contributed by atoms with Gasteiger partial charge in [0.2, 0.25) is 0 Å². The highest BCUT2D eigenvalue weighted by Crippen LogP contribution is 2.05. The fourth-order valence-electron chi connectivity index (χ4n) is 1.30. The number of nitrogens with zero attached hydrogens (tertiary/aromatic N) is 2. The molecule has 0 atom stereocenters. The monoisotopic (exact) mass is 175 g/mol. The Balaban J connectivity index is 2.41. The van der Waals surface area contributed by atoms with E-state index in [9.17, 15) is 0 Å². The SMILES string of the molecule is [2H]C([2H])([2H])C1=NCCN=C1c1ccccc1. The highest BCUT2D eigenvalue weighted by atomic mass is 14.9. The van der Waals surface area contributed by atoms with Gasteiger partial charge in [0.15, 0.2) is 0 Å². The first kappa shape index (κ1) is 5.32. The highest BCUT2D eigenvalue weighted by molar-refractivity contribution is 6.47. The van der Waals surface area contributed by atoms with Gasteiger partial charge in [-0.3, -0.25) is 9.98 Å². The molecular weight excluding hydrogens is 160 g/mol. The average Bonchev–Trinajstić information content (AvgIpc) is 2.29. The van der Waals surface area contributed by atoms with Crippen molar-refractivity contribution in [1.82, 2.24) is 0 Å². The van der Waals surface area contributed by atoms with Crippen LogP contribution in [-0.4, -0.2) is 24.5 Å². The molecule has 1 aromatic rings. The molecule has 2 heteroatoms. The summed E-state index contributed by atoms with van der Waals surface area (Å²) in [5.41, 5.74) is 1.45. The van der Waals surface area contributed by atoms with Crippen LogP contribution in [0, 0.1) is 0 Å². The van der Waals surface area contributed by atoms with E-state index in [1.165, 1.54) is 0 Å². The van der Waals surface area contributed by atoms with Crippen LogP contribution in [0.4, 0.5) is 0 Å². The molecule has 0 radical (unpaired) electrons. The molecule has 0 unspecified atom stereocenters. The van der Waals surface area contributed by atoms with Crippen LogP contribution >= 0.6 is 0 Å². The molecule has 0 aromatic heterocycles. The van der Waals surface area contributed by atoms with Crippen LogP contribution in [0.1, 0.15) is 16.5 Å². The molecule has 0 fully saturated rings. The second-order valence-electron chi connectivity index (χ2n) is 2.83. The Morgan fingerprint density at radius 3 is 2.69 bits per heavy atom.